The third kappa shape index (κ3) is 1.23. The molecule has 0 aliphatic heterocycles. The predicted molar refractivity (Wildman–Crippen MR) is 36.3 cm³/mol. The van der Waals surface area contributed by atoms with Crippen molar-refractivity contribution in [2.75, 3.05) is 0 Å². The van der Waals surface area contributed by atoms with Crippen LogP contribution >= 0.6 is 0 Å². The molecule has 0 N–H and O–H groups in total. The molecule has 0 aromatic carbocycles. The zero-order valence-corrected chi connectivity index (χ0v) is 5.67. The van der Waals surface area contributed by atoms with Crippen LogP contribution < -0.4 is 5.56 Å². The highest BCUT2D eigenvalue weighted by Gasteiger charge is 1.92. The largest absolute Gasteiger partial charge is 0.316 e. The molecule has 0 aliphatic carbocycles. The van der Waals surface area contributed by atoms with Crippen molar-refractivity contribution >= 4 is 0 Å². The third-order valence-electron chi connectivity index (χ3n) is 1.30. The summed E-state index contributed by atoms with van der Waals surface area (Å²) in [5.41, 5.74) is -0.289. The molecule has 0 saturated heterocycles. The molecule has 0 radical (unpaired) electrons. The maximum absolute atomic E-state index is 12.3. The van der Waals surface area contributed by atoms with Crippen molar-refractivity contribution in [3.8, 4) is 0 Å². The van der Waals surface area contributed by atoms with Gasteiger partial charge >= 0.3 is 0 Å². The highest BCUT2D eigenvalue weighted by Crippen LogP contribution is 1.89. The summed E-state index contributed by atoms with van der Waals surface area (Å²) in [4.78, 5) is 10.8. The summed E-state index contributed by atoms with van der Waals surface area (Å²) in [7, 11) is 0. The molecular weight excluding hydrogens is 133 g/mol. The number of aryl methyl sites for hydroxylation is 1. The van der Waals surface area contributed by atoms with Gasteiger partial charge in [0.2, 0.25) is 0 Å². The molecule has 1 aromatic rings. The van der Waals surface area contributed by atoms with E-state index in [2.05, 4.69) is 0 Å². The van der Waals surface area contributed by atoms with E-state index in [1.54, 1.807) is 0 Å². The first-order valence-electron chi connectivity index (χ1n) is 3.10. The predicted octanol–water partition coefficient (Wildman–Crippen LogP) is 1.01. The SMILES string of the molecule is CCn1ccc(F)cc1=O. The maximum Gasteiger partial charge on any atom is 0.253 e. The standard InChI is InChI=1S/C7H8FNO/c1-2-9-4-3-6(8)5-7(9)10/h3-5H,2H2,1H3. The molecule has 0 saturated carbocycles. The van der Waals surface area contributed by atoms with Gasteiger partial charge in [0.1, 0.15) is 5.82 Å². The van der Waals surface area contributed by atoms with E-state index in [4.69, 9.17) is 0 Å². The summed E-state index contributed by atoms with van der Waals surface area (Å²) in [6, 6.07) is 2.24. The molecule has 0 bridgehead atoms. The van der Waals surface area contributed by atoms with Crippen LogP contribution in [0.25, 0.3) is 0 Å². The van der Waals surface area contributed by atoms with Crippen LogP contribution in [0.3, 0.4) is 0 Å². The lowest BCUT2D eigenvalue weighted by Gasteiger charge is -1.97. The van der Waals surface area contributed by atoms with E-state index in [-0.39, 0.29) is 5.56 Å². The number of rotatable bonds is 1. The first kappa shape index (κ1) is 6.99. The average molecular weight is 141 g/mol. The molecule has 0 unspecified atom stereocenters. The van der Waals surface area contributed by atoms with Crippen LogP contribution in [-0.2, 0) is 6.54 Å². The van der Waals surface area contributed by atoms with Crippen LogP contribution in [0, 0.1) is 5.82 Å². The summed E-state index contributed by atoms with van der Waals surface area (Å²) in [5.74, 6) is -0.477. The molecule has 1 heterocycles. The highest BCUT2D eigenvalue weighted by molar-refractivity contribution is 4.96. The van der Waals surface area contributed by atoms with Gasteiger partial charge in [0.15, 0.2) is 0 Å². The van der Waals surface area contributed by atoms with Gasteiger partial charge in [-0.25, -0.2) is 4.39 Å². The van der Waals surface area contributed by atoms with Crippen LogP contribution in [0.2, 0.25) is 0 Å². The Hall–Kier alpha value is -1.12. The smallest absolute Gasteiger partial charge is 0.253 e. The fourth-order valence-corrected chi connectivity index (χ4v) is 0.745. The van der Waals surface area contributed by atoms with Gasteiger partial charge < -0.3 is 4.57 Å². The Bertz CT molecular complexity index is 279. The summed E-state index contributed by atoms with van der Waals surface area (Å²) >= 11 is 0. The number of hydrogen-bond donors (Lipinski definition) is 0. The molecule has 0 spiro atoms. The fourth-order valence-electron chi connectivity index (χ4n) is 0.745. The van der Waals surface area contributed by atoms with Crippen LogP contribution in [0.15, 0.2) is 23.1 Å². The van der Waals surface area contributed by atoms with E-state index >= 15 is 0 Å². The molecule has 2 nitrogen and oxygen atoms in total. The molecule has 1 aromatic heterocycles. The van der Waals surface area contributed by atoms with Crippen molar-refractivity contribution in [1.82, 2.24) is 4.57 Å². The maximum atomic E-state index is 12.3. The zero-order chi connectivity index (χ0) is 7.56. The zero-order valence-electron chi connectivity index (χ0n) is 5.67. The number of nitrogens with zero attached hydrogens (tertiary/aromatic N) is 1. The van der Waals surface area contributed by atoms with Crippen LogP contribution in [0.5, 0.6) is 0 Å². The lowest BCUT2D eigenvalue weighted by molar-refractivity contribution is 0.608. The first-order valence-corrected chi connectivity index (χ1v) is 3.10. The Morgan fingerprint density at radius 3 is 2.90 bits per heavy atom. The number of aromatic nitrogens is 1. The lowest BCUT2D eigenvalue weighted by Crippen LogP contribution is -2.17. The Morgan fingerprint density at radius 2 is 2.40 bits per heavy atom. The second-order valence-corrected chi connectivity index (χ2v) is 1.97. The fraction of sp³-hybridized carbons (Fsp3) is 0.286. The van der Waals surface area contributed by atoms with Gasteiger partial charge in [-0.05, 0) is 13.0 Å². The first-order chi connectivity index (χ1) is 4.74. The van der Waals surface area contributed by atoms with Crippen LogP contribution in [-0.4, -0.2) is 4.57 Å². The Kier molecular flexibility index (Phi) is 1.85. The van der Waals surface area contributed by atoms with Crippen molar-refractivity contribution in [2.24, 2.45) is 0 Å². The molecule has 0 fully saturated rings. The minimum absolute atomic E-state index is 0.289. The Balaban J connectivity index is 3.20. The lowest BCUT2D eigenvalue weighted by atomic mass is 10.4. The van der Waals surface area contributed by atoms with E-state index < -0.39 is 5.82 Å². The summed E-state index contributed by atoms with van der Waals surface area (Å²) in [6.07, 6.45) is 1.44. The third-order valence-corrected chi connectivity index (χ3v) is 1.30. The molecular formula is C7H8FNO. The summed E-state index contributed by atoms with van der Waals surface area (Å²) in [6.45, 7) is 2.42. The van der Waals surface area contributed by atoms with E-state index in [0.717, 1.165) is 6.07 Å². The second kappa shape index (κ2) is 2.64. The normalized spacial score (nSPS) is 9.80. The van der Waals surface area contributed by atoms with E-state index in [9.17, 15) is 9.18 Å². The number of pyridine rings is 1. The van der Waals surface area contributed by atoms with Gasteiger partial charge in [0.25, 0.3) is 5.56 Å². The minimum Gasteiger partial charge on any atom is -0.316 e. The van der Waals surface area contributed by atoms with Crippen molar-refractivity contribution in [3.05, 3.63) is 34.5 Å². The highest BCUT2D eigenvalue weighted by atomic mass is 19.1. The topological polar surface area (TPSA) is 22.0 Å². The van der Waals surface area contributed by atoms with E-state index in [0.29, 0.717) is 6.54 Å². The van der Waals surface area contributed by atoms with Gasteiger partial charge in [0, 0.05) is 18.8 Å². The van der Waals surface area contributed by atoms with Crippen molar-refractivity contribution in [3.63, 3.8) is 0 Å². The van der Waals surface area contributed by atoms with Gasteiger partial charge in [-0.1, -0.05) is 0 Å². The van der Waals surface area contributed by atoms with Gasteiger partial charge in [0.05, 0.1) is 0 Å². The molecule has 3 heteroatoms. The average Bonchev–Trinajstić information content (AvgIpc) is 1.88. The van der Waals surface area contributed by atoms with Crippen LogP contribution in [0.4, 0.5) is 4.39 Å². The Labute approximate surface area is 57.9 Å². The number of halogens is 1. The molecule has 54 valence electrons. The van der Waals surface area contributed by atoms with E-state index in [1.807, 2.05) is 6.92 Å². The Morgan fingerprint density at radius 1 is 1.70 bits per heavy atom. The van der Waals surface area contributed by atoms with Crippen LogP contribution in [0.1, 0.15) is 6.92 Å². The molecule has 0 atom stereocenters. The number of hydrogen-bond acceptors (Lipinski definition) is 1. The minimum atomic E-state index is -0.477. The second-order valence-electron chi connectivity index (χ2n) is 1.97. The summed E-state index contributed by atoms with van der Waals surface area (Å²) < 4.78 is 13.7. The summed E-state index contributed by atoms with van der Waals surface area (Å²) in [5, 5.41) is 0. The molecule has 0 aliphatic rings. The molecule has 10 heavy (non-hydrogen) atoms. The van der Waals surface area contributed by atoms with Gasteiger partial charge in [-0.2, -0.15) is 0 Å². The molecule has 1 rings (SSSR count). The van der Waals surface area contributed by atoms with E-state index in [1.165, 1.54) is 16.8 Å². The molecule has 0 amide bonds. The van der Waals surface area contributed by atoms with Gasteiger partial charge in [-0.3, -0.25) is 4.79 Å². The van der Waals surface area contributed by atoms with Crippen molar-refractivity contribution in [2.45, 2.75) is 13.5 Å². The monoisotopic (exact) mass is 141 g/mol. The van der Waals surface area contributed by atoms with Crippen molar-refractivity contribution in [1.29, 1.82) is 0 Å². The van der Waals surface area contributed by atoms with Crippen molar-refractivity contribution < 1.29 is 4.39 Å². The van der Waals surface area contributed by atoms with Gasteiger partial charge in [-0.15, -0.1) is 0 Å². The quantitative estimate of drug-likeness (QED) is 0.572.